The maximum absolute atomic E-state index is 12.0. The van der Waals surface area contributed by atoms with Crippen molar-refractivity contribution < 1.29 is 22.6 Å². The summed E-state index contributed by atoms with van der Waals surface area (Å²) in [5.41, 5.74) is 9.92. The summed E-state index contributed by atoms with van der Waals surface area (Å²) >= 11 is 0. The van der Waals surface area contributed by atoms with E-state index in [-0.39, 0.29) is 10.9 Å². The highest BCUT2D eigenvalue weighted by atomic mass is 32.2. The lowest BCUT2D eigenvalue weighted by atomic mass is 9.94. The standard InChI is InChI=1S/C19H23NO5S/c1-23-16-9-11-5-8-15(20)14-10-12(26(4,21)22)6-7-13(14)17(11)19(25-3)18(16)24-2/h6-7,9-10,15H,5,8,20H2,1-4H3. The van der Waals surface area contributed by atoms with Gasteiger partial charge in [-0.1, -0.05) is 6.07 Å². The molecule has 0 fully saturated rings. The molecule has 3 rings (SSSR count). The summed E-state index contributed by atoms with van der Waals surface area (Å²) in [6, 6.07) is 6.72. The Bertz CT molecular complexity index is 953. The molecule has 26 heavy (non-hydrogen) atoms. The van der Waals surface area contributed by atoms with Gasteiger partial charge in [-0.05, 0) is 47.7 Å². The molecule has 2 N–H and O–H groups in total. The van der Waals surface area contributed by atoms with Crippen molar-refractivity contribution in [3.05, 3.63) is 35.4 Å². The Kier molecular flexibility index (Phi) is 4.86. The molecule has 7 heteroatoms. The first-order valence-electron chi connectivity index (χ1n) is 8.23. The number of ether oxygens (including phenoxy) is 3. The fourth-order valence-corrected chi connectivity index (χ4v) is 4.13. The molecule has 0 saturated heterocycles. The van der Waals surface area contributed by atoms with Crippen molar-refractivity contribution in [2.24, 2.45) is 5.73 Å². The molecule has 1 aliphatic carbocycles. The third kappa shape index (κ3) is 3.01. The van der Waals surface area contributed by atoms with E-state index in [1.807, 2.05) is 6.07 Å². The van der Waals surface area contributed by atoms with Crippen molar-refractivity contribution in [1.29, 1.82) is 0 Å². The van der Waals surface area contributed by atoms with E-state index in [2.05, 4.69) is 0 Å². The lowest BCUT2D eigenvalue weighted by Crippen LogP contribution is -2.11. The van der Waals surface area contributed by atoms with Crippen molar-refractivity contribution in [3.63, 3.8) is 0 Å². The number of fused-ring (bicyclic) bond motifs is 3. The molecule has 1 aliphatic rings. The second-order valence-electron chi connectivity index (χ2n) is 6.35. The van der Waals surface area contributed by atoms with Crippen molar-refractivity contribution in [3.8, 4) is 28.4 Å². The van der Waals surface area contributed by atoms with Gasteiger partial charge in [0.15, 0.2) is 21.3 Å². The van der Waals surface area contributed by atoms with Crippen molar-refractivity contribution in [2.75, 3.05) is 27.6 Å². The van der Waals surface area contributed by atoms with E-state index in [4.69, 9.17) is 19.9 Å². The highest BCUT2D eigenvalue weighted by Crippen LogP contribution is 2.50. The minimum Gasteiger partial charge on any atom is -0.493 e. The van der Waals surface area contributed by atoms with Crippen molar-refractivity contribution >= 4 is 9.84 Å². The van der Waals surface area contributed by atoms with Crippen LogP contribution in [0.25, 0.3) is 11.1 Å². The largest absolute Gasteiger partial charge is 0.493 e. The molecule has 0 heterocycles. The first-order chi connectivity index (χ1) is 12.3. The average molecular weight is 377 g/mol. The van der Waals surface area contributed by atoms with Gasteiger partial charge in [0.1, 0.15) is 0 Å². The summed E-state index contributed by atoms with van der Waals surface area (Å²) in [5.74, 6) is 1.65. The molecule has 6 nitrogen and oxygen atoms in total. The smallest absolute Gasteiger partial charge is 0.203 e. The zero-order chi connectivity index (χ0) is 19.1. The molecule has 2 aromatic rings. The van der Waals surface area contributed by atoms with Crippen LogP contribution in [0, 0.1) is 0 Å². The first kappa shape index (κ1) is 18.5. The van der Waals surface area contributed by atoms with E-state index >= 15 is 0 Å². The van der Waals surface area contributed by atoms with Crippen LogP contribution >= 0.6 is 0 Å². The van der Waals surface area contributed by atoms with Crippen LogP contribution in [0.2, 0.25) is 0 Å². The molecule has 0 spiro atoms. The SMILES string of the molecule is COc1cc2c(c(OC)c1OC)-c1ccc(S(C)(=O)=O)cc1C(N)CC2. The predicted octanol–water partition coefficient (Wildman–Crippen LogP) is 2.73. The van der Waals surface area contributed by atoms with Gasteiger partial charge >= 0.3 is 0 Å². The molecular formula is C19H23NO5S. The second-order valence-corrected chi connectivity index (χ2v) is 8.36. The summed E-state index contributed by atoms with van der Waals surface area (Å²) in [6.45, 7) is 0. The molecule has 0 saturated carbocycles. The zero-order valence-corrected chi connectivity index (χ0v) is 16.1. The molecule has 140 valence electrons. The maximum atomic E-state index is 12.0. The summed E-state index contributed by atoms with van der Waals surface area (Å²) in [6.07, 6.45) is 2.60. The van der Waals surface area contributed by atoms with E-state index in [1.54, 1.807) is 39.5 Å². The number of benzene rings is 2. The number of rotatable bonds is 4. The Hall–Kier alpha value is -2.25. The van der Waals surface area contributed by atoms with E-state index in [0.717, 1.165) is 28.7 Å². The number of hydrogen-bond donors (Lipinski definition) is 1. The fraction of sp³-hybridized carbons (Fsp3) is 0.368. The maximum Gasteiger partial charge on any atom is 0.203 e. The molecule has 0 aromatic heterocycles. The fourth-order valence-electron chi connectivity index (χ4n) is 3.47. The molecular weight excluding hydrogens is 354 g/mol. The van der Waals surface area contributed by atoms with E-state index in [0.29, 0.717) is 23.7 Å². The van der Waals surface area contributed by atoms with Crippen LogP contribution in [-0.2, 0) is 16.3 Å². The predicted molar refractivity (Wildman–Crippen MR) is 99.9 cm³/mol. The topological polar surface area (TPSA) is 87.9 Å². The quantitative estimate of drug-likeness (QED) is 0.881. The zero-order valence-electron chi connectivity index (χ0n) is 15.3. The van der Waals surface area contributed by atoms with Gasteiger partial charge in [-0.15, -0.1) is 0 Å². The third-order valence-corrected chi connectivity index (χ3v) is 5.87. The van der Waals surface area contributed by atoms with E-state index in [1.165, 1.54) is 6.26 Å². The highest BCUT2D eigenvalue weighted by Gasteiger charge is 2.28. The van der Waals surface area contributed by atoms with Crippen LogP contribution in [0.5, 0.6) is 17.2 Å². The van der Waals surface area contributed by atoms with Crippen LogP contribution in [0.4, 0.5) is 0 Å². The Morgan fingerprint density at radius 1 is 1.04 bits per heavy atom. The van der Waals surface area contributed by atoms with E-state index < -0.39 is 9.84 Å². The number of hydrogen-bond acceptors (Lipinski definition) is 6. The minimum atomic E-state index is -3.32. The number of methoxy groups -OCH3 is 3. The van der Waals surface area contributed by atoms with Crippen LogP contribution < -0.4 is 19.9 Å². The van der Waals surface area contributed by atoms with Gasteiger partial charge in [0, 0.05) is 17.9 Å². The summed E-state index contributed by atoms with van der Waals surface area (Å²) < 4.78 is 40.5. The van der Waals surface area contributed by atoms with Crippen molar-refractivity contribution in [2.45, 2.75) is 23.8 Å². The second kappa shape index (κ2) is 6.81. The van der Waals surface area contributed by atoms with Gasteiger partial charge in [-0.2, -0.15) is 0 Å². The molecule has 0 bridgehead atoms. The summed E-state index contributed by atoms with van der Waals surface area (Å²) in [5, 5.41) is 0. The van der Waals surface area contributed by atoms with Crippen LogP contribution in [0.15, 0.2) is 29.2 Å². The molecule has 0 amide bonds. The van der Waals surface area contributed by atoms with Gasteiger partial charge in [0.05, 0.1) is 26.2 Å². The number of nitrogens with two attached hydrogens (primary N) is 1. The Labute approximate surface area is 153 Å². The third-order valence-electron chi connectivity index (χ3n) is 4.76. The molecule has 1 unspecified atom stereocenters. The Morgan fingerprint density at radius 2 is 1.73 bits per heavy atom. The first-order valence-corrected chi connectivity index (χ1v) is 10.1. The number of sulfone groups is 1. The van der Waals surface area contributed by atoms with Gasteiger partial charge in [-0.3, -0.25) is 0 Å². The lowest BCUT2D eigenvalue weighted by molar-refractivity contribution is 0.324. The minimum absolute atomic E-state index is 0.259. The normalized spacial score (nSPS) is 16.3. The highest BCUT2D eigenvalue weighted by molar-refractivity contribution is 7.90. The van der Waals surface area contributed by atoms with Gasteiger partial charge in [0.2, 0.25) is 5.75 Å². The van der Waals surface area contributed by atoms with Crippen molar-refractivity contribution in [1.82, 2.24) is 0 Å². The Balaban J connectivity index is 2.36. The summed E-state index contributed by atoms with van der Waals surface area (Å²) in [4.78, 5) is 0.259. The molecule has 2 aromatic carbocycles. The van der Waals surface area contributed by atoms with Gasteiger partial charge in [0.25, 0.3) is 0 Å². The molecule has 0 radical (unpaired) electrons. The van der Waals surface area contributed by atoms with E-state index in [9.17, 15) is 8.42 Å². The number of aryl methyl sites for hydroxylation is 1. The average Bonchev–Trinajstić information content (AvgIpc) is 2.76. The molecule has 1 atom stereocenters. The van der Waals surface area contributed by atoms with Crippen LogP contribution in [0.3, 0.4) is 0 Å². The monoisotopic (exact) mass is 377 g/mol. The van der Waals surface area contributed by atoms with Crippen LogP contribution in [0.1, 0.15) is 23.6 Å². The van der Waals surface area contributed by atoms with Crippen LogP contribution in [-0.4, -0.2) is 36.0 Å². The Morgan fingerprint density at radius 3 is 2.31 bits per heavy atom. The van der Waals surface area contributed by atoms with Gasteiger partial charge < -0.3 is 19.9 Å². The van der Waals surface area contributed by atoms with Gasteiger partial charge in [-0.25, -0.2) is 8.42 Å². The molecule has 0 aliphatic heterocycles. The lowest BCUT2D eigenvalue weighted by Gasteiger charge is -2.20. The summed E-state index contributed by atoms with van der Waals surface area (Å²) in [7, 11) is 1.40.